The van der Waals surface area contributed by atoms with Crippen molar-refractivity contribution in [1.82, 2.24) is 39.7 Å². The van der Waals surface area contributed by atoms with Gasteiger partial charge in [0, 0.05) is 31.0 Å². The van der Waals surface area contributed by atoms with Gasteiger partial charge in [-0.05, 0) is 44.6 Å². The molecule has 38 heavy (non-hydrogen) atoms. The van der Waals surface area contributed by atoms with Crippen LogP contribution in [0.15, 0.2) is 24.7 Å². The summed E-state index contributed by atoms with van der Waals surface area (Å²) in [7, 11) is 1.89. The number of ether oxygens (including phenoxy) is 2. The normalized spacial score (nSPS) is 27.7. The van der Waals surface area contributed by atoms with Crippen molar-refractivity contribution in [1.29, 1.82) is 0 Å². The van der Waals surface area contributed by atoms with Gasteiger partial charge in [0.25, 0.3) is 0 Å². The minimum atomic E-state index is -1.52. The lowest BCUT2D eigenvalue weighted by atomic mass is 9.50. The molecule has 198 valence electrons. The topological polar surface area (TPSA) is 136 Å². The van der Waals surface area contributed by atoms with Crippen LogP contribution < -0.4 is 10.6 Å². The van der Waals surface area contributed by atoms with Gasteiger partial charge in [-0.25, -0.2) is 19.2 Å². The molecule has 1 aliphatic heterocycles. The number of aryl methyl sites for hydroxylation is 3. The van der Waals surface area contributed by atoms with Gasteiger partial charge in [0.05, 0.1) is 35.4 Å². The molecule has 3 aliphatic carbocycles. The molecule has 4 aromatic rings. The number of nitrogens with one attached hydrogen (secondary N) is 3. The van der Waals surface area contributed by atoms with Crippen LogP contribution in [0.1, 0.15) is 42.3 Å². The fourth-order valence-corrected chi connectivity index (χ4v) is 5.98. The monoisotopic (exact) mass is 521 g/mol. The van der Waals surface area contributed by atoms with Crippen LogP contribution in [0.3, 0.4) is 0 Å². The Morgan fingerprint density at radius 2 is 2.13 bits per heavy atom. The molecule has 13 heteroatoms. The number of alkyl halides is 1. The summed E-state index contributed by atoms with van der Waals surface area (Å²) in [6.45, 7) is 3.89. The third kappa shape index (κ3) is 3.56. The molecular weight excluding hydrogens is 493 g/mol. The molecule has 2 bridgehead atoms. The third-order valence-electron chi connectivity index (χ3n) is 7.98. The number of halogens is 1. The van der Waals surface area contributed by atoms with Crippen LogP contribution in [0.2, 0.25) is 0 Å². The van der Waals surface area contributed by atoms with Gasteiger partial charge in [-0.15, -0.1) is 0 Å². The van der Waals surface area contributed by atoms with E-state index in [0.29, 0.717) is 17.5 Å². The van der Waals surface area contributed by atoms with Crippen LogP contribution in [0.5, 0.6) is 0 Å². The number of anilines is 2. The van der Waals surface area contributed by atoms with Gasteiger partial charge in [0.1, 0.15) is 6.10 Å². The molecule has 5 heterocycles. The summed E-state index contributed by atoms with van der Waals surface area (Å²) in [6, 6.07) is 1.67. The molecule has 0 radical (unpaired) electrons. The minimum Gasteiger partial charge on any atom is -0.441 e. The van der Waals surface area contributed by atoms with E-state index < -0.39 is 24.5 Å². The summed E-state index contributed by atoms with van der Waals surface area (Å²) in [4.78, 5) is 21.6. The van der Waals surface area contributed by atoms with Gasteiger partial charge in [0.15, 0.2) is 23.7 Å². The summed E-state index contributed by atoms with van der Waals surface area (Å²) in [5.74, 6) is 1.67. The summed E-state index contributed by atoms with van der Waals surface area (Å²) in [5.41, 5.74) is 4.67. The first-order valence-corrected chi connectivity index (χ1v) is 12.7. The smallest absolute Gasteiger partial charge is 0.408 e. The first-order valence-electron chi connectivity index (χ1n) is 12.7. The van der Waals surface area contributed by atoms with Crippen LogP contribution in [0, 0.1) is 19.8 Å². The maximum atomic E-state index is 15.2. The number of alkyl carbamates (subject to hydrolysis) is 1. The number of aromatic nitrogens is 7. The standard InChI is InChI=1S/C25H28FN9O3/c1-12-10-28-34(3)20(12)18-13(2)29-23(35-5-4-27-22(18)35)30-17-6-15(32-33-17)21-19(26)16(11-37-21)38-24(36)31-25-7-14(8-25)9-25/h4-6,10,14,16,19,21H,7-9,11H2,1-3H3,(H,31,36)(H2,29,30,32,33)/t14?,16-,19-,21-,25?/m0/s1. The molecule has 4 aromatic heterocycles. The van der Waals surface area contributed by atoms with Crippen molar-refractivity contribution < 1.29 is 18.7 Å². The van der Waals surface area contributed by atoms with Crippen molar-refractivity contribution in [3.8, 4) is 11.3 Å². The van der Waals surface area contributed by atoms with Crippen molar-refractivity contribution >= 4 is 23.5 Å². The fraction of sp³-hybridized carbons (Fsp3) is 0.480. The highest BCUT2D eigenvalue weighted by Gasteiger charge is 2.58. The SMILES string of the molecule is Cc1cnn(C)c1-c1c(C)nc(Nc2cc([C@@H]3OC[C@H](OC(=O)NC45CC(C4)C5)[C@@H]3F)[nH]n2)n2ccnc12. The van der Waals surface area contributed by atoms with Crippen LogP contribution in [0.4, 0.5) is 21.0 Å². The Kier molecular flexibility index (Phi) is 5.02. The zero-order valence-corrected chi connectivity index (χ0v) is 21.2. The Hall–Kier alpha value is -4.00. The van der Waals surface area contributed by atoms with Crippen LogP contribution in [-0.2, 0) is 16.5 Å². The number of amides is 1. The first-order chi connectivity index (χ1) is 18.3. The fourth-order valence-electron chi connectivity index (χ4n) is 5.98. The molecule has 12 nitrogen and oxygen atoms in total. The second kappa shape index (κ2) is 8.25. The Labute approximate surface area is 216 Å². The Morgan fingerprint density at radius 1 is 1.32 bits per heavy atom. The maximum Gasteiger partial charge on any atom is 0.408 e. The van der Waals surface area contributed by atoms with Crippen molar-refractivity contribution in [2.75, 3.05) is 11.9 Å². The molecule has 8 rings (SSSR count). The van der Waals surface area contributed by atoms with Gasteiger partial charge in [-0.1, -0.05) is 0 Å². The number of fused-ring (bicyclic) bond motifs is 1. The van der Waals surface area contributed by atoms with E-state index in [0.717, 1.165) is 53.3 Å². The second-order valence-corrected chi connectivity index (χ2v) is 10.7. The number of aromatic amines is 1. The lowest BCUT2D eigenvalue weighted by Gasteiger charge is -2.61. The minimum absolute atomic E-state index is 0.0258. The molecule has 3 atom stereocenters. The largest absolute Gasteiger partial charge is 0.441 e. The van der Waals surface area contributed by atoms with Gasteiger partial charge >= 0.3 is 6.09 Å². The second-order valence-electron chi connectivity index (χ2n) is 10.7. The summed E-state index contributed by atoms with van der Waals surface area (Å²) in [5, 5.41) is 17.6. The maximum absolute atomic E-state index is 15.2. The van der Waals surface area contributed by atoms with E-state index >= 15 is 4.39 Å². The first kappa shape index (κ1) is 23.1. The van der Waals surface area contributed by atoms with Crippen LogP contribution in [-0.4, -0.2) is 64.9 Å². The van der Waals surface area contributed by atoms with E-state index in [1.807, 2.05) is 42.4 Å². The Morgan fingerprint density at radius 3 is 2.84 bits per heavy atom. The zero-order valence-electron chi connectivity index (χ0n) is 21.2. The predicted molar refractivity (Wildman–Crippen MR) is 134 cm³/mol. The highest BCUT2D eigenvalue weighted by Crippen LogP contribution is 2.57. The number of nitrogens with zero attached hydrogens (tertiary/aromatic N) is 6. The Balaban J connectivity index is 1.07. The van der Waals surface area contributed by atoms with E-state index in [-0.39, 0.29) is 12.1 Å². The molecule has 1 amide bonds. The number of H-pyrrole nitrogens is 1. The van der Waals surface area contributed by atoms with E-state index in [2.05, 4.69) is 30.9 Å². The van der Waals surface area contributed by atoms with Gasteiger partial charge in [0.2, 0.25) is 5.95 Å². The average molecular weight is 522 g/mol. The van der Waals surface area contributed by atoms with Crippen molar-refractivity contribution in [3.05, 3.63) is 41.6 Å². The number of carbonyl (C=O) groups is 1. The highest BCUT2D eigenvalue weighted by atomic mass is 19.1. The molecule has 0 unspecified atom stereocenters. The molecule has 3 saturated carbocycles. The van der Waals surface area contributed by atoms with E-state index in [1.165, 1.54) is 0 Å². The molecule has 0 spiro atoms. The van der Waals surface area contributed by atoms with Crippen molar-refractivity contribution in [3.63, 3.8) is 0 Å². The number of hydrogen-bond donors (Lipinski definition) is 3. The molecule has 3 N–H and O–H groups in total. The van der Waals surface area contributed by atoms with Crippen LogP contribution in [0.25, 0.3) is 16.9 Å². The number of imidazole rings is 1. The average Bonchev–Trinajstić information content (AvgIpc) is 3.61. The van der Waals surface area contributed by atoms with Crippen molar-refractivity contribution in [2.24, 2.45) is 13.0 Å². The summed E-state index contributed by atoms with van der Waals surface area (Å²) >= 11 is 0. The van der Waals surface area contributed by atoms with Crippen molar-refractivity contribution in [2.45, 2.75) is 57.0 Å². The third-order valence-corrected chi connectivity index (χ3v) is 7.98. The lowest BCUT2D eigenvalue weighted by molar-refractivity contribution is -0.0528. The van der Waals surface area contributed by atoms with E-state index in [1.54, 1.807) is 12.3 Å². The summed E-state index contributed by atoms with van der Waals surface area (Å²) in [6.07, 6.45) is 4.27. The van der Waals surface area contributed by atoms with E-state index in [4.69, 9.17) is 14.5 Å². The van der Waals surface area contributed by atoms with Gasteiger partial charge in [-0.2, -0.15) is 10.2 Å². The predicted octanol–water partition coefficient (Wildman–Crippen LogP) is 3.27. The summed E-state index contributed by atoms with van der Waals surface area (Å²) < 4.78 is 29.9. The van der Waals surface area contributed by atoms with Gasteiger partial charge in [-0.3, -0.25) is 14.2 Å². The highest BCUT2D eigenvalue weighted by molar-refractivity contribution is 5.80. The molecule has 1 saturated heterocycles. The molecule has 0 aromatic carbocycles. The lowest BCUT2D eigenvalue weighted by Crippen LogP contribution is -2.68. The Bertz CT molecular complexity index is 1520. The number of rotatable bonds is 6. The number of carbonyl (C=O) groups excluding carboxylic acids is 1. The molecular formula is C25H28FN9O3. The zero-order chi connectivity index (χ0) is 26.2. The van der Waals surface area contributed by atoms with Crippen LogP contribution >= 0.6 is 0 Å². The molecule has 4 aliphatic rings. The number of hydrogen-bond acceptors (Lipinski definition) is 8. The quantitative estimate of drug-likeness (QED) is 0.352. The van der Waals surface area contributed by atoms with Gasteiger partial charge < -0.3 is 20.1 Å². The van der Waals surface area contributed by atoms with E-state index in [9.17, 15) is 4.79 Å². The molecule has 4 fully saturated rings.